The van der Waals surface area contributed by atoms with Crippen LogP contribution < -0.4 is 4.90 Å². The van der Waals surface area contributed by atoms with Crippen LogP contribution in [0.2, 0.25) is 0 Å². The number of hydrogen-bond acceptors (Lipinski definition) is 7. The second-order valence-electron chi connectivity index (χ2n) is 4.80. The number of hydrogen-bond donors (Lipinski definition) is 0. The summed E-state index contributed by atoms with van der Waals surface area (Å²) in [6, 6.07) is 9.17. The number of anilines is 1. The van der Waals surface area contributed by atoms with E-state index in [-0.39, 0.29) is 11.3 Å². The minimum atomic E-state index is -0.538. The lowest BCUT2D eigenvalue weighted by atomic mass is 10.2. The maximum absolute atomic E-state index is 12.5. The van der Waals surface area contributed by atoms with Gasteiger partial charge < -0.3 is 0 Å². The quantitative estimate of drug-likeness (QED) is 0.534. The number of benzene rings is 1. The molecule has 0 bridgehead atoms. The molecule has 0 spiro atoms. The fourth-order valence-corrected chi connectivity index (χ4v) is 2.81. The molecule has 120 valence electrons. The summed E-state index contributed by atoms with van der Waals surface area (Å²) in [5.74, 6) is -0.392. The van der Waals surface area contributed by atoms with Gasteiger partial charge in [0.25, 0.3) is 11.6 Å². The third-order valence-electron chi connectivity index (χ3n) is 3.24. The maximum Gasteiger partial charge on any atom is 0.270 e. The van der Waals surface area contributed by atoms with E-state index < -0.39 is 10.8 Å². The summed E-state index contributed by atoms with van der Waals surface area (Å²) in [5, 5.41) is 20.0. The third kappa shape index (κ3) is 3.10. The van der Waals surface area contributed by atoms with E-state index in [9.17, 15) is 14.9 Å². The largest absolute Gasteiger partial charge is 0.286 e. The minimum absolute atomic E-state index is 0.135. The molecule has 0 saturated heterocycles. The van der Waals surface area contributed by atoms with Gasteiger partial charge in [-0.15, -0.1) is 10.2 Å². The van der Waals surface area contributed by atoms with Gasteiger partial charge in [-0.3, -0.25) is 24.8 Å². The van der Waals surface area contributed by atoms with Gasteiger partial charge in [-0.25, -0.2) is 0 Å². The highest BCUT2D eigenvalue weighted by Crippen LogP contribution is 2.28. The zero-order valence-corrected chi connectivity index (χ0v) is 13.3. The number of aromatic nitrogens is 3. The van der Waals surface area contributed by atoms with Gasteiger partial charge in [-0.05, 0) is 18.2 Å². The van der Waals surface area contributed by atoms with Crippen molar-refractivity contribution in [2.45, 2.75) is 0 Å². The molecular weight excluding hydrogens is 330 g/mol. The Hall–Kier alpha value is -3.20. The van der Waals surface area contributed by atoms with Gasteiger partial charge in [0.15, 0.2) is 0 Å². The van der Waals surface area contributed by atoms with E-state index in [0.29, 0.717) is 10.1 Å². The van der Waals surface area contributed by atoms with Crippen LogP contribution in [0.25, 0.3) is 10.6 Å². The molecule has 3 rings (SSSR count). The lowest BCUT2D eigenvalue weighted by Crippen LogP contribution is -2.26. The molecule has 3 aromatic rings. The summed E-state index contributed by atoms with van der Waals surface area (Å²) in [6.07, 6.45) is 3.29. The highest BCUT2D eigenvalue weighted by Gasteiger charge is 2.20. The maximum atomic E-state index is 12.5. The molecule has 0 N–H and O–H groups in total. The number of carbonyl (C=O) groups excluding carboxylic acids is 1. The van der Waals surface area contributed by atoms with E-state index in [1.165, 1.54) is 40.5 Å². The monoisotopic (exact) mass is 341 g/mol. The van der Waals surface area contributed by atoms with Crippen LogP contribution in [0.3, 0.4) is 0 Å². The molecule has 0 radical (unpaired) electrons. The Kier molecular flexibility index (Phi) is 4.25. The number of nitro benzene ring substituents is 1. The summed E-state index contributed by atoms with van der Waals surface area (Å²) in [4.78, 5) is 28.1. The molecule has 9 heteroatoms. The summed E-state index contributed by atoms with van der Waals surface area (Å²) in [7, 11) is 1.55. The van der Waals surface area contributed by atoms with E-state index in [2.05, 4.69) is 15.2 Å². The number of non-ortho nitro benzene ring substituents is 1. The molecule has 0 fully saturated rings. The van der Waals surface area contributed by atoms with Crippen molar-refractivity contribution in [1.29, 1.82) is 0 Å². The summed E-state index contributed by atoms with van der Waals surface area (Å²) in [6.45, 7) is 0. The van der Waals surface area contributed by atoms with Crippen LogP contribution in [0.5, 0.6) is 0 Å². The van der Waals surface area contributed by atoms with Crippen molar-refractivity contribution in [2.75, 3.05) is 11.9 Å². The van der Waals surface area contributed by atoms with Crippen LogP contribution in [-0.2, 0) is 0 Å². The Morgan fingerprint density at radius 3 is 2.67 bits per heavy atom. The molecule has 0 aliphatic heterocycles. The SMILES string of the molecule is CN(C(=O)c1cccc([N+](=O)[O-])c1)c1nnc(-c2ccncc2)s1. The first-order chi connectivity index (χ1) is 11.6. The van der Waals surface area contributed by atoms with Crippen molar-refractivity contribution in [3.63, 3.8) is 0 Å². The Bertz CT molecular complexity index is 897. The van der Waals surface area contributed by atoms with Gasteiger partial charge in [-0.1, -0.05) is 17.4 Å². The molecule has 0 aliphatic rings. The zero-order chi connectivity index (χ0) is 17.1. The normalized spacial score (nSPS) is 10.4. The number of nitro groups is 1. The minimum Gasteiger partial charge on any atom is -0.286 e. The van der Waals surface area contributed by atoms with Crippen LogP contribution in [0.4, 0.5) is 10.8 Å². The van der Waals surface area contributed by atoms with Gasteiger partial charge in [0.05, 0.1) is 4.92 Å². The number of amides is 1. The Labute approximate surface area is 140 Å². The van der Waals surface area contributed by atoms with Crippen LogP contribution in [0.1, 0.15) is 10.4 Å². The molecule has 8 nitrogen and oxygen atoms in total. The van der Waals surface area contributed by atoms with Crippen molar-refractivity contribution in [2.24, 2.45) is 0 Å². The molecule has 2 heterocycles. The summed E-state index contributed by atoms with van der Waals surface area (Å²) in [5.41, 5.74) is 0.932. The van der Waals surface area contributed by atoms with Gasteiger partial charge in [0.2, 0.25) is 5.13 Å². The molecule has 1 aromatic carbocycles. The molecular formula is C15H11N5O3S. The predicted molar refractivity (Wildman–Crippen MR) is 89.0 cm³/mol. The first-order valence-electron chi connectivity index (χ1n) is 6.82. The lowest BCUT2D eigenvalue weighted by Gasteiger charge is -2.12. The van der Waals surface area contributed by atoms with E-state index in [1.807, 2.05) is 0 Å². The Morgan fingerprint density at radius 1 is 1.21 bits per heavy atom. The predicted octanol–water partition coefficient (Wildman–Crippen LogP) is 2.78. The number of pyridine rings is 1. The average Bonchev–Trinajstić information content (AvgIpc) is 3.11. The Balaban J connectivity index is 1.85. The number of nitrogens with zero attached hydrogens (tertiary/aromatic N) is 5. The molecule has 0 atom stereocenters. The molecule has 24 heavy (non-hydrogen) atoms. The third-order valence-corrected chi connectivity index (χ3v) is 4.29. The van der Waals surface area contributed by atoms with Crippen molar-refractivity contribution >= 4 is 28.1 Å². The zero-order valence-electron chi connectivity index (χ0n) is 12.5. The smallest absolute Gasteiger partial charge is 0.270 e. The second-order valence-corrected chi connectivity index (χ2v) is 5.75. The van der Waals surface area contributed by atoms with Crippen LogP contribution >= 0.6 is 11.3 Å². The standard InChI is InChI=1S/C15H11N5O3S/c1-19(14(21)11-3-2-4-12(9-11)20(22)23)15-18-17-13(24-15)10-5-7-16-8-6-10/h2-9H,1H3. The highest BCUT2D eigenvalue weighted by molar-refractivity contribution is 7.18. The van der Waals surface area contributed by atoms with Crippen molar-refractivity contribution in [3.8, 4) is 10.6 Å². The molecule has 0 aliphatic carbocycles. The van der Waals surface area contributed by atoms with Crippen LogP contribution in [-0.4, -0.2) is 33.1 Å². The van der Waals surface area contributed by atoms with Gasteiger partial charge in [-0.2, -0.15) is 0 Å². The summed E-state index contributed by atoms with van der Waals surface area (Å²) < 4.78 is 0. The second kappa shape index (κ2) is 6.50. The molecule has 1 amide bonds. The van der Waals surface area contributed by atoms with Crippen molar-refractivity contribution in [1.82, 2.24) is 15.2 Å². The van der Waals surface area contributed by atoms with Gasteiger partial charge >= 0.3 is 0 Å². The molecule has 0 saturated carbocycles. The highest BCUT2D eigenvalue weighted by atomic mass is 32.1. The van der Waals surface area contributed by atoms with Crippen LogP contribution in [0.15, 0.2) is 48.8 Å². The molecule has 2 aromatic heterocycles. The van der Waals surface area contributed by atoms with Crippen LogP contribution in [0, 0.1) is 10.1 Å². The fraction of sp³-hybridized carbons (Fsp3) is 0.0667. The van der Waals surface area contributed by atoms with Gasteiger partial charge in [0.1, 0.15) is 5.01 Å². The fourth-order valence-electron chi connectivity index (χ4n) is 2.00. The lowest BCUT2D eigenvalue weighted by molar-refractivity contribution is -0.384. The molecule has 0 unspecified atom stereocenters. The van der Waals surface area contributed by atoms with E-state index >= 15 is 0 Å². The van der Waals surface area contributed by atoms with E-state index in [4.69, 9.17) is 0 Å². The first-order valence-corrected chi connectivity index (χ1v) is 7.64. The average molecular weight is 341 g/mol. The van der Waals surface area contributed by atoms with Crippen molar-refractivity contribution in [3.05, 3.63) is 64.5 Å². The first kappa shape index (κ1) is 15.7. The van der Waals surface area contributed by atoms with E-state index in [0.717, 1.165) is 5.56 Å². The Morgan fingerprint density at radius 2 is 1.96 bits per heavy atom. The number of rotatable bonds is 4. The topological polar surface area (TPSA) is 102 Å². The number of carbonyl (C=O) groups is 1. The van der Waals surface area contributed by atoms with E-state index in [1.54, 1.807) is 31.6 Å². The van der Waals surface area contributed by atoms with Crippen molar-refractivity contribution < 1.29 is 9.72 Å². The van der Waals surface area contributed by atoms with Gasteiger partial charge in [0, 0.05) is 42.7 Å². The summed E-state index contributed by atoms with van der Waals surface area (Å²) >= 11 is 1.25.